The van der Waals surface area contributed by atoms with Gasteiger partial charge in [0, 0.05) is 0 Å². The summed E-state index contributed by atoms with van der Waals surface area (Å²) in [5, 5.41) is 2.39. The summed E-state index contributed by atoms with van der Waals surface area (Å²) in [4.78, 5) is 34.2. The third-order valence-corrected chi connectivity index (χ3v) is 2.24. The van der Waals surface area contributed by atoms with E-state index in [1.165, 1.54) is 6.07 Å². The summed E-state index contributed by atoms with van der Waals surface area (Å²) in [5.74, 6) is -2.00. The first-order valence-corrected chi connectivity index (χ1v) is 4.81. The lowest BCUT2D eigenvalue weighted by Crippen LogP contribution is -2.15. The first-order chi connectivity index (χ1) is 7.65. The van der Waals surface area contributed by atoms with Crippen LogP contribution >= 0.6 is 0 Å². The van der Waals surface area contributed by atoms with Crippen LogP contribution in [0.15, 0.2) is 18.2 Å². The van der Waals surface area contributed by atoms with E-state index in [4.69, 9.17) is 4.74 Å². The fourth-order valence-electron chi connectivity index (χ4n) is 1.57. The largest absolute Gasteiger partial charge is 0.462 e. The highest BCUT2D eigenvalue weighted by Gasteiger charge is 2.32. The fraction of sp³-hybridized carbons (Fsp3) is 0.182. The van der Waals surface area contributed by atoms with Gasteiger partial charge in [0.2, 0.25) is 0 Å². The number of esters is 1. The molecule has 0 bridgehead atoms. The van der Waals surface area contributed by atoms with Gasteiger partial charge in [-0.25, -0.2) is 4.79 Å². The summed E-state index contributed by atoms with van der Waals surface area (Å²) in [5.41, 5.74) is 0.592. The standard InChI is InChI=1S/C11H9NO4/c1-2-16-11(15)6-4-3-5-7-8(6)9(13)10(14)12-7/h3-5H,2H2,1H3,(H,12,13,14). The molecule has 1 aromatic rings. The maximum absolute atomic E-state index is 11.5. The maximum Gasteiger partial charge on any atom is 0.338 e. The Hall–Kier alpha value is -2.17. The SMILES string of the molecule is CCOC(=O)c1cccc2c1C(=O)C(=O)N2. The number of nitrogens with one attached hydrogen (secondary N) is 1. The molecular weight excluding hydrogens is 210 g/mol. The summed E-state index contributed by atoms with van der Waals surface area (Å²) in [6.45, 7) is 1.89. The second-order valence-electron chi connectivity index (χ2n) is 3.23. The number of ether oxygens (including phenoxy) is 1. The molecule has 0 fully saturated rings. The van der Waals surface area contributed by atoms with Gasteiger partial charge in [0.25, 0.3) is 11.7 Å². The predicted octanol–water partition coefficient (Wildman–Crippen LogP) is 0.998. The summed E-state index contributed by atoms with van der Waals surface area (Å²) in [6.07, 6.45) is 0. The van der Waals surface area contributed by atoms with E-state index < -0.39 is 17.7 Å². The van der Waals surface area contributed by atoms with Crippen LogP contribution in [0.1, 0.15) is 27.6 Å². The van der Waals surface area contributed by atoms with E-state index in [9.17, 15) is 14.4 Å². The molecule has 5 heteroatoms. The average molecular weight is 219 g/mol. The molecule has 0 spiro atoms. The molecule has 0 aromatic heterocycles. The number of amides is 1. The molecule has 1 aromatic carbocycles. The Kier molecular flexibility index (Phi) is 2.44. The lowest BCUT2D eigenvalue weighted by atomic mass is 10.0. The second-order valence-corrected chi connectivity index (χ2v) is 3.23. The average Bonchev–Trinajstić information content (AvgIpc) is 2.55. The monoisotopic (exact) mass is 219 g/mol. The van der Waals surface area contributed by atoms with Gasteiger partial charge in [0.05, 0.1) is 23.4 Å². The normalized spacial score (nSPS) is 13.3. The third-order valence-electron chi connectivity index (χ3n) is 2.24. The predicted molar refractivity (Wildman–Crippen MR) is 55.4 cm³/mol. The molecule has 82 valence electrons. The minimum Gasteiger partial charge on any atom is -0.462 e. The Labute approximate surface area is 91.4 Å². The number of anilines is 1. The minimum atomic E-state index is -0.716. The van der Waals surface area contributed by atoms with E-state index >= 15 is 0 Å². The highest BCUT2D eigenvalue weighted by Crippen LogP contribution is 2.26. The van der Waals surface area contributed by atoms with Gasteiger partial charge >= 0.3 is 5.97 Å². The number of ketones is 1. The fourth-order valence-corrected chi connectivity index (χ4v) is 1.57. The number of Topliss-reactive ketones (excluding diaryl/α,β-unsaturated/α-hetero) is 1. The number of rotatable bonds is 2. The van der Waals surface area contributed by atoms with Gasteiger partial charge in [-0.1, -0.05) is 6.07 Å². The molecule has 16 heavy (non-hydrogen) atoms. The third kappa shape index (κ3) is 1.46. The van der Waals surface area contributed by atoms with Crippen molar-refractivity contribution in [3.63, 3.8) is 0 Å². The Morgan fingerprint density at radius 3 is 2.81 bits per heavy atom. The van der Waals surface area contributed by atoms with E-state index in [2.05, 4.69) is 5.32 Å². The Morgan fingerprint density at radius 1 is 1.38 bits per heavy atom. The number of carbonyl (C=O) groups excluding carboxylic acids is 3. The highest BCUT2D eigenvalue weighted by molar-refractivity contribution is 6.52. The first kappa shape index (κ1) is 10.4. The Morgan fingerprint density at radius 2 is 2.12 bits per heavy atom. The number of hydrogen-bond donors (Lipinski definition) is 1. The van der Waals surface area contributed by atoms with Crippen molar-refractivity contribution in [1.82, 2.24) is 0 Å². The van der Waals surface area contributed by atoms with Crippen LogP contribution in [0.4, 0.5) is 5.69 Å². The van der Waals surface area contributed by atoms with Crippen LogP contribution in [0, 0.1) is 0 Å². The molecule has 0 unspecified atom stereocenters. The van der Waals surface area contributed by atoms with Crippen molar-refractivity contribution in [2.24, 2.45) is 0 Å². The molecule has 0 atom stereocenters. The first-order valence-electron chi connectivity index (χ1n) is 4.81. The van der Waals surface area contributed by atoms with E-state index in [0.29, 0.717) is 5.69 Å². The molecule has 1 heterocycles. The molecule has 1 N–H and O–H groups in total. The summed E-state index contributed by atoms with van der Waals surface area (Å²) < 4.78 is 4.81. The molecule has 1 aliphatic heterocycles. The lowest BCUT2D eigenvalue weighted by Gasteiger charge is -2.04. The Balaban J connectivity index is 2.50. The maximum atomic E-state index is 11.5. The second kappa shape index (κ2) is 3.77. The van der Waals surface area contributed by atoms with Gasteiger partial charge in [-0.15, -0.1) is 0 Å². The van der Waals surface area contributed by atoms with Crippen molar-refractivity contribution in [3.05, 3.63) is 29.3 Å². The van der Waals surface area contributed by atoms with E-state index in [0.717, 1.165) is 0 Å². The topological polar surface area (TPSA) is 72.5 Å². The van der Waals surface area contributed by atoms with Gasteiger partial charge in [0.1, 0.15) is 0 Å². The van der Waals surface area contributed by atoms with Gasteiger partial charge < -0.3 is 10.1 Å². The number of hydrogen-bond acceptors (Lipinski definition) is 4. The zero-order valence-corrected chi connectivity index (χ0v) is 8.57. The summed E-state index contributed by atoms with van der Waals surface area (Å²) in [7, 11) is 0. The summed E-state index contributed by atoms with van der Waals surface area (Å²) >= 11 is 0. The van der Waals surface area contributed by atoms with Gasteiger partial charge in [-0.3, -0.25) is 9.59 Å². The van der Waals surface area contributed by atoms with Crippen molar-refractivity contribution in [2.45, 2.75) is 6.92 Å². The van der Waals surface area contributed by atoms with Gasteiger partial charge in [-0.05, 0) is 19.1 Å². The van der Waals surface area contributed by atoms with Crippen molar-refractivity contribution < 1.29 is 19.1 Å². The van der Waals surface area contributed by atoms with Gasteiger partial charge in [-0.2, -0.15) is 0 Å². The molecule has 2 rings (SSSR count). The lowest BCUT2D eigenvalue weighted by molar-refractivity contribution is -0.112. The van der Waals surface area contributed by atoms with E-state index in [1.54, 1.807) is 19.1 Å². The van der Waals surface area contributed by atoms with Crippen molar-refractivity contribution >= 4 is 23.3 Å². The van der Waals surface area contributed by atoms with Crippen LogP contribution in [0.5, 0.6) is 0 Å². The smallest absolute Gasteiger partial charge is 0.338 e. The van der Waals surface area contributed by atoms with Gasteiger partial charge in [0.15, 0.2) is 0 Å². The number of fused-ring (bicyclic) bond motifs is 1. The molecule has 0 saturated heterocycles. The van der Waals surface area contributed by atoms with Crippen LogP contribution in [0.3, 0.4) is 0 Å². The molecule has 0 aliphatic carbocycles. The van der Waals surface area contributed by atoms with Crippen LogP contribution in [0.25, 0.3) is 0 Å². The highest BCUT2D eigenvalue weighted by atomic mass is 16.5. The molecule has 0 radical (unpaired) electrons. The van der Waals surface area contributed by atoms with Crippen LogP contribution in [-0.4, -0.2) is 24.3 Å². The van der Waals surface area contributed by atoms with Crippen LogP contribution in [0.2, 0.25) is 0 Å². The van der Waals surface area contributed by atoms with E-state index in [1.807, 2.05) is 0 Å². The van der Waals surface area contributed by atoms with Crippen LogP contribution < -0.4 is 5.32 Å². The van der Waals surface area contributed by atoms with Crippen LogP contribution in [-0.2, 0) is 9.53 Å². The molecule has 5 nitrogen and oxygen atoms in total. The number of benzene rings is 1. The number of carbonyl (C=O) groups is 3. The van der Waals surface area contributed by atoms with Crippen molar-refractivity contribution in [2.75, 3.05) is 11.9 Å². The Bertz CT molecular complexity index is 493. The zero-order chi connectivity index (χ0) is 11.7. The molecule has 1 amide bonds. The van der Waals surface area contributed by atoms with Crippen molar-refractivity contribution in [3.8, 4) is 0 Å². The van der Waals surface area contributed by atoms with Crippen molar-refractivity contribution in [1.29, 1.82) is 0 Å². The molecule has 1 aliphatic rings. The molecule has 0 saturated carbocycles. The molecular formula is C11H9NO4. The zero-order valence-electron chi connectivity index (χ0n) is 8.57. The quantitative estimate of drug-likeness (QED) is 0.594. The minimum absolute atomic E-state index is 0.103. The summed E-state index contributed by atoms with van der Waals surface area (Å²) in [6, 6.07) is 4.62. The van der Waals surface area contributed by atoms with E-state index in [-0.39, 0.29) is 17.7 Å².